The minimum absolute atomic E-state index is 0.217. The zero-order chi connectivity index (χ0) is 17.1. The van der Waals surface area contributed by atoms with Gasteiger partial charge in [-0.05, 0) is 29.8 Å². The summed E-state index contributed by atoms with van der Waals surface area (Å²) in [6, 6.07) is 11.7. The first-order chi connectivity index (χ1) is 11.6. The highest BCUT2D eigenvalue weighted by atomic mass is 32.2. The maximum atomic E-state index is 13.6. The Hall–Kier alpha value is -2.34. The van der Waals surface area contributed by atoms with Gasteiger partial charge in [0.2, 0.25) is 0 Å². The predicted molar refractivity (Wildman–Crippen MR) is 90.9 cm³/mol. The molecule has 0 spiro atoms. The van der Waals surface area contributed by atoms with Crippen molar-refractivity contribution in [3.8, 4) is 5.75 Å². The van der Waals surface area contributed by atoms with Gasteiger partial charge in [-0.1, -0.05) is 18.2 Å². The zero-order valence-electron chi connectivity index (χ0n) is 13.1. The van der Waals surface area contributed by atoms with E-state index in [1.807, 2.05) is 0 Å². The van der Waals surface area contributed by atoms with Gasteiger partial charge in [0, 0.05) is 18.1 Å². The maximum absolute atomic E-state index is 13.6. The van der Waals surface area contributed by atoms with E-state index in [0.717, 1.165) is 5.56 Å². The highest BCUT2D eigenvalue weighted by molar-refractivity contribution is 7.98. The number of halogens is 1. The first-order valence-electron chi connectivity index (χ1n) is 7.47. The maximum Gasteiger partial charge on any atom is 0.261 e. The number of fused-ring (bicyclic) bond motifs is 1. The van der Waals surface area contributed by atoms with E-state index in [2.05, 4.69) is 0 Å². The minimum atomic E-state index is -0.393. The van der Waals surface area contributed by atoms with E-state index in [9.17, 15) is 14.0 Å². The van der Waals surface area contributed by atoms with Crippen LogP contribution in [0.5, 0.6) is 5.75 Å². The third-order valence-electron chi connectivity index (χ3n) is 3.82. The molecule has 2 amide bonds. The van der Waals surface area contributed by atoms with Gasteiger partial charge in [-0.25, -0.2) is 4.39 Å². The number of benzene rings is 2. The number of rotatable bonds is 6. The third-order valence-corrected chi connectivity index (χ3v) is 4.83. The van der Waals surface area contributed by atoms with Gasteiger partial charge in [0.1, 0.15) is 0 Å². The van der Waals surface area contributed by atoms with Crippen molar-refractivity contribution < 1.29 is 18.7 Å². The average Bonchev–Trinajstić information content (AvgIpc) is 2.84. The van der Waals surface area contributed by atoms with Crippen LogP contribution < -0.4 is 4.74 Å². The smallest absolute Gasteiger partial charge is 0.261 e. The fourth-order valence-electron chi connectivity index (χ4n) is 2.59. The summed E-state index contributed by atoms with van der Waals surface area (Å²) in [5, 5.41) is 0. The molecule has 0 unspecified atom stereocenters. The first-order valence-corrected chi connectivity index (χ1v) is 8.62. The number of amides is 2. The second-order valence-corrected chi connectivity index (χ2v) is 6.43. The molecule has 0 bridgehead atoms. The normalized spacial score (nSPS) is 13.3. The third kappa shape index (κ3) is 3.14. The lowest BCUT2D eigenvalue weighted by atomic mass is 10.1. The second-order valence-electron chi connectivity index (χ2n) is 5.33. The average molecular weight is 345 g/mol. The van der Waals surface area contributed by atoms with Gasteiger partial charge in [-0.3, -0.25) is 14.5 Å². The monoisotopic (exact) mass is 345 g/mol. The minimum Gasteiger partial charge on any atom is -0.494 e. The molecule has 24 heavy (non-hydrogen) atoms. The van der Waals surface area contributed by atoms with Gasteiger partial charge in [-0.2, -0.15) is 11.8 Å². The summed E-state index contributed by atoms with van der Waals surface area (Å²) in [6.45, 7) is 0.343. The van der Waals surface area contributed by atoms with Gasteiger partial charge in [0.15, 0.2) is 11.6 Å². The summed E-state index contributed by atoms with van der Waals surface area (Å²) in [4.78, 5) is 25.7. The number of methoxy groups -OCH3 is 1. The van der Waals surface area contributed by atoms with Crippen LogP contribution in [-0.4, -0.2) is 36.1 Å². The lowest BCUT2D eigenvalue weighted by molar-refractivity contribution is 0.0664. The fourth-order valence-corrected chi connectivity index (χ4v) is 3.46. The van der Waals surface area contributed by atoms with Crippen molar-refractivity contribution in [3.05, 3.63) is 65.0 Å². The van der Waals surface area contributed by atoms with Gasteiger partial charge >= 0.3 is 0 Å². The molecule has 4 nitrogen and oxygen atoms in total. The predicted octanol–water partition coefficient (Wildman–Crippen LogP) is 3.36. The van der Waals surface area contributed by atoms with Crippen LogP contribution in [0.15, 0.2) is 42.5 Å². The lowest BCUT2D eigenvalue weighted by Crippen LogP contribution is -2.31. The SMILES string of the molecule is COc1ccc(CSCCN2C(=O)c3ccccc3C2=O)cc1F. The summed E-state index contributed by atoms with van der Waals surface area (Å²) in [5.41, 5.74) is 1.76. The molecule has 2 aromatic carbocycles. The highest BCUT2D eigenvalue weighted by Gasteiger charge is 2.34. The number of nitrogens with zero attached hydrogens (tertiary/aromatic N) is 1. The van der Waals surface area contributed by atoms with Crippen molar-refractivity contribution >= 4 is 23.6 Å². The molecule has 1 heterocycles. The van der Waals surface area contributed by atoms with E-state index in [4.69, 9.17) is 4.74 Å². The second kappa shape index (κ2) is 7.05. The van der Waals surface area contributed by atoms with E-state index in [1.165, 1.54) is 18.1 Å². The number of ether oxygens (including phenoxy) is 1. The molecule has 0 saturated heterocycles. The van der Waals surface area contributed by atoms with Crippen molar-refractivity contribution in [1.82, 2.24) is 4.90 Å². The zero-order valence-corrected chi connectivity index (χ0v) is 13.9. The molecule has 0 fully saturated rings. The van der Waals surface area contributed by atoms with Crippen molar-refractivity contribution in [1.29, 1.82) is 0 Å². The van der Waals surface area contributed by atoms with Crippen LogP contribution in [0.4, 0.5) is 4.39 Å². The first kappa shape index (κ1) is 16.5. The Morgan fingerprint density at radius 2 is 1.75 bits per heavy atom. The number of thioether (sulfide) groups is 1. The van der Waals surface area contributed by atoms with Crippen LogP contribution in [0.25, 0.3) is 0 Å². The molecule has 1 aliphatic rings. The Balaban J connectivity index is 1.54. The molecular weight excluding hydrogens is 329 g/mol. The van der Waals surface area contributed by atoms with Crippen LogP contribution in [0.1, 0.15) is 26.3 Å². The molecule has 2 aromatic rings. The molecule has 124 valence electrons. The van der Waals surface area contributed by atoms with Crippen molar-refractivity contribution in [2.75, 3.05) is 19.4 Å². The van der Waals surface area contributed by atoms with Crippen LogP contribution >= 0.6 is 11.8 Å². The van der Waals surface area contributed by atoms with Gasteiger partial charge in [-0.15, -0.1) is 0 Å². The molecule has 0 aliphatic carbocycles. The number of carbonyl (C=O) groups excluding carboxylic acids is 2. The van der Waals surface area contributed by atoms with Crippen LogP contribution in [0.2, 0.25) is 0 Å². The van der Waals surface area contributed by atoms with E-state index in [0.29, 0.717) is 29.2 Å². The molecule has 0 N–H and O–H groups in total. The van der Waals surface area contributed by atoms with Crippen molar-refractivity contribution in [3.63, 3.8) is 0 Å². The summed E-state index contributed by atoms with van der Waals surface area (Å²) in [7, 11) is 1.43. The Kier molecular flexibility index (Phi) is 4.85. The van der Waals surface area contributed by atoms with Crippen molar-refractivity contribution in [2.45, 2.75) is 5.75 Å². The molecule has 0 aromatic heterocycles. The Morgan fingerprint density at radius 1 is 1.08 bits per heavy atom. The van der Waals surface area contributed by atoms with Crippen LogP contribution in [0.3, 0.4) is 0 Å². The van der Waals surface area contributed by atoms with Gasteiger partial charge < -0.3 is 4.74 Å². The van der Waals surface area contributed by atoms with Crippen LogP contribution in [0, 0.1) is 5.82 Å². The van der Waals surface area contributed by atoms with E-state index in [-0.39, 0.29) is 17.6 Å². The topological polar surface area (TPSA) is 46.6 Å². The summed E-state index contributed by atoms with van der Waals surface area (Å²) in [5.74, 6) is 0.535. The number of carbonyl (C=O) groups is 2. The largest absolute Gasteiger partial charge is 0.494 e. The molecule has 0 radical (unpaired) electrons. The summed E-state index contributed by atoms with van der Waals surface area (Å²) in [6.07, 6.45) is 0. The molecule has 6 heteroatoms. The van der Waals surface area contributed by atoms with Crippen molar-refractivity contribution in [2.24, 2.45) is 0 Å². The fraction of sp³-hybridized carbons (Fsp3) is 0.222. The molecule has 1 aliphatic heterocycles. The van der Waals surface area contributed by atoms with Gasteiger partial charge in [0.25, 0.3) is 11.8 Å². The summed E-state index contributed by atoms with van der Waals surface area (Å²) < 4.78 is 18.5. The Labute approximate surface area is 143 Å². The van der Waals surface area contributed by atoms with E-state index >= 15 is 0 Å². The molecule has 0 saturated carbocycles. The quantitative estimate of drug-likeness (QED) is 0.595. The molecular formula is C18H16FNO3S. The molecule has 3 rings (SSSR count). The number of hydrogen-bond acceptors (Lipinski definition) is 4. The highest BCUT2D eigenvalue weighted by Crippen LogP contribution is 2.24. The lowest BCUT2D eigenvalue weighted by Gasteiger charge is -2.13. The summed E-state index contributed by atoms with van der Waals surface area (Å²) >= 11 is 1.54. The Bertz CT molecular complexity index is 759. The number of hydrogen-bond donors (Lipinski definition) is 0. The van der Waals surface area contributed by atoms with Gasteiger partial charge in [0.05, 0.1) is 18.2 Å². The standard InChI is InChI=1S/C18H16FNO3S/c1-23-16-7-6-12(10-15(16)19)11-24-9-8-20-17(21)13-4-2-3-5-14(13)18(20)22/h2-7,10H,8-9,11H2,1H3. The van der Waals surface area contributed by atoms with Crippen LogP contribution in [-0.2, 0) is 5.75 Å². The Morgan fingerprint density at radius 3 is 2.33 bits per heavy atom. The number of imide groups is 1. The van der Waals surface area contributed by atoms with E-state index in [1.54, 1.807) is 48.2 Å². The molecule has 0 atom stereocenters. The van der Waals surface area contributed by atoms with E-state index < -0.39 is 5.82 Å².